The van der Waals surface area contributed by atoms with Crippen LogP contribution >= 0.6 is 11.3 Å². The third-order valence-electron chi connectivity index (χ3n) is 6.05. The van der Waals surface area contributed by atoms with Crippen LogP contribution in [0.3, 0.4) is 0 Å². The Morgan fingerprint density at radius 3 is 3.03 bits per heavy atom. The summed E-state index contributed by atoms with van der Waals surface area (Å²) in [4.78, 5) is 16.1. The number of nitrogens with one attached hydrogen (secondary N) is 2. The van der Waals surface area contributed by atoms with E-state index in [4.69, 9.17) is 4.98 Å². The summed E-state index contributed by atoms with van der Waals surface area (Å²) in [5.74, 6) is 2.04. The number of rotatable bonds is 4. The standard InChI is InChI=1S/C21H30N6OS/c1-3-23-19(22-2)26-20-25-17(14-29-20)16-8-6-9-18(24-16)27-12-11-21(28)10-5-4-7-15(21)13-27/h6,8-9,14-15,28H,3-5,7,10-13H2,1-2H3,(H2,22,23,25,26). The molecule has 0 bridgehead atoms. The van der Waals surface area contributed by atoms with Crippen LogP contribution in [-0.4, -0.2) is 53.3 Å². The highest BCUT2D eigenvalue weighted by molar-refractivity contribution is 7.14. The van der Waals surface area contributed by atoms with Gasteiger partial charge in [0.1, 0.15) is 11.5 Å². The quantitative estimate of drug-likeness (QED) is 0.526. The van der Waals surface area contributed by atoms with Crippen molar-refractivity contribution in [2.75, 3.05) is 36.9 Å². The number of aliphatic imine (C=N–C) groups is 1. The molecule has 2 fully saturated rings. The summed E-state index contributed by atoms with van der Waals surface area (Å²) in [6.07, 6.45) is 5.26. The van der Waals surface area contributed by atoms with Crippen LogP contribution in [0.5, 0.6) is 0 Å². The lowest BCUT2D eigenvalue weighted by Gasteiger charge is -2.47. The molecule has 2 aromatic rings. The average Bonchev–Trinajstić information content (AvgIpc) is 3.21. The van der Waals surface area contributed by atoms with Gasteiger partial charge < -0.3 is 20.6 Å². The highest BCUT2D eigenvalue weighted by atomic mass is 32.1. The Hall–Kier alpha value is -2.19. The molecule has 0 amide bonds. The maximum Gasteiger partial charge on any atom is 0.197 e. The van der Waals surface area contributed by atoms with E-state index < -0.39 is 5.60 Å². The number of piperidine rings is 1. The van der Waals surface area contributed by atoms with Gasteiger partial charge in [0.2, 0.25) is 0 Å². The molecule has 0 radical (unpaired) electrons. The molecule has 29 heavy (non-hydrogen) atoms. The molecule has 3 heterocycles. The minimum absolute atomic E-state index is 0.350. The lowest BCUT2D eigenvalue weighted by atomic mass is 9.71. The first kappa shape index (κ1) is 20.1. The summed E-state index contributed by atoms with van der Waals surface area (Å²) in [5, 5.41) is 20.1. The van der Waals surface area contributed by atoms with E-state index in [2.05, 4.69) is 31.6 Å². The lowest BCUT2D eigenvalue weighted by Crippen LogP contribution is -2.53. The van der Waals surface area contributed by atoms with E-state index in [9.17, 15) is 5.11 Å². The van der Waals surface area contributed by atoms with Gasteiger partial charge in [-0.25, -0.2) is 9.97 Å². The number of thiazole rings is 1. The minimum atomic E-state index is -0.465. The molecule has 2 aliphatic rings. The molecule has 0 spiro atoms. The largest absolute Gasteiger partial charge is 0.389 e. The Morgan fingerprint density at radius 2 is 2.21 bits per heavy atom. The van der Waals surface area contributed by atoms with Crippen molar-refractivity contribution >= 4 is 28.2 Å². The number of hydrogen-bond donors (Lipinski definition) is 3. The summed E-state index contributed by atoms with van der Waals surface area (Å²) in [5.41, 5.74) is 1.26. The van der Waals surface area contributed by atoms with Crippen LogP contribution in [0, 0.1) is 5.92 Å². The van der Waals surface area contributed by atoms with Crippen LogP contribution < -0.4 is 15.5 Å². The first-order chi connectivity index (χ1) is 14.1. The van der Waals surface area contributed by atoms with Crippen molar-refractivity contribution in [3.8, 4) is 11.4 Å². The van der Waals surface area contributed by atoms with E-state index >= 15 is 0 Å². The van der Waals surface area contributed by atoms with Crippen molar-refractivity contribution in [1.29, 1.82) is 0 Å². The molecule has 0 aromatic carbocycles. The van der Waals surface area contributed by atoms with Crippen molar-refractivity contribution < 1.29 is 5.11 Å². The first-order valence-corrected chi connectivity index (χ1v) is 11.4. The second-order valence-electron chi connectivity index (χ2n) is 7.89. The van der Waals surface area contributed by atoms with Crippen molar-refractivity contribution in [3.05, 3.63) is 23.6 Å². The van der Waals surface area contributed by atoms with Gasteiger partial charge in [-0.1, -0.05) is 18.9 Å². The Kier molecular flexibility index (Phi) is 6.01. The SMILES string of the molecule is CCNC(=NC)Nc1nc(-c2cccc(N3CCC4(O)CCCCC4C3)n2)cs1. The topological polar surface area (TPSA) is 85.7 Å². The molecule has 4 rings (SSSR count). The van der Waals surface area contributed by atoms with E-state index in [1.165, 1.54) is 6.42 Å². The lowest BCUT2D eigenvalue weighted by molar-refractivity contribution is -0.0613. The monoisotopic (exact) mass is 414 g/mol. The Balaban J connectivity index is 1.48. The molecule has 8 heteroatoms. The Bertz CT molecular complexity index is 868. The molecule has 1 aliphatic carbocycles. The molecule has 2 aromatic heterocycles. The van der Waals surface area contributed by atoms with Crippen LogP contribution in [0.25, 0.3) is 11.4 Å². The molecular formula is C21H30N6OS. The van der Waals surface area contributed by atoms with Crippen LogP contribution in [0.4, 0.5) is 10.9 Å². The number of hydrogen-bond acceptors (Lipinski definition) is 6. The number of pyridine rings is 1. The maximum atomic E-state index is 10.9. The number of aliphatic hydroxyl groups is 1. The zero-order valence-electron chi connectivity index (χ0n) is 17.2. The molecule has 156 valence electrons. The summed E-state index contributed by atoms with van der Waals surface area (Å²) in [6.45, 7) is 4.57. The van der Waals surface area contributed by atoms with Gasteiger partial charge in [0.25, 0.3) is 0 Å². The van der Waals surface area contributed by atoms with Gasteiger partial charge in [-0.2, -0.15) is 0 Å². The van der Waals surface area contributed by atoms with Crippen molar-refractivity contribution in [1.82, 2.24) is 15.3 Å². The predicted octanol–water partition coefficient (Wildman–Crippen LogP) is 3.34. The first-order valence-electron chi connectivity index (χ1n) is 10.5. The van der Waals surface area contributed by atoms with Crippen molar-refractivity contribution in [2.45, 2.75) is 44.6 Å². The van der Waals surface area contributed by atoms with E-state index in [1.54, 1.807) is 18.4 Å². The zero-order valence-corrected chi connectivity index (χ0v) is 18.0. The number of nitrogens with zero attached hydrogens (tertiary/aromatic N) is 4. The zero-order chi connectivity index (χ0) is 20.3. The smallest absolute Gasteiger partial charge is 0.197 e. The highest BCUT2D eigenvalue weighted by Crippen LogP contribution is 2.40. The molecule has 1 saturated carbocycles. The van der Waals surface area contributed by atoms with Gasteiger partial charge in [0.05, 0.1) is 11.3 Å². The van der Waals surface area contributed by atoms with Gasteiger partial charge in [-0.05, 0) is 38.3 Å². The summed E-state index contributed by atoms with van der Waals surface area (Å²) in [7, 11) is 1.75. The van der Waals surface area contributed by atoms with E-state index in [-0.39, 0.29) is 0 Å². The number of anilines is 2. The fourth-order valence-electron chi connectivity index (χ4n) is 4.42. The summed E-state index contributed by atoms with van der Waals surface area (Å²) < 4.78 is 0. The van der Waals surface area contributed by atoms with E-state index in [1.807, 2.05) is 24.4 Å². The number of fused-ring (bicyclic) bond motifs is 1. The van der Waals surface area contributed by atoms with Crippen LogP contribution in [-0.2, 0) is 0 Å². The van der Waals surface area contributed by atoms with Gasteiger partial charge in [0.15, 0.2) is 11.1 Å². The third kappa shape index (κ3) is 4.38. The Morgan fingerprint density at radius 1 is 1.31 bits per heavy atom. The number of guanidine groups is 1. The number of aromatic nitrogens is 2. The van der Waals surface area contributed by atoms with Crippen molar-refractivity contribution in [2.24, 2.45) is 10.9 Å². The second kappa shape index (κ2) is 8.67. The molecule has 7 nitrogen and oxygen atoms in total. The van der Waals surface area contributed by atoms with Gasteiger partial charge >= 0.3 is 0 Å². The summed E-state index contributed by atoms with van der Waals surface area (Å²) in [6, 6.07) is 6.11. The minimum Gasteiger partial charge on any atom is -0.389 e. The predicted molar refractivity (Wildman–Crippen MR) is 120 cm³/mol. The molecule has 2 atom stereocenters. The Labute approximate surface area is 176 Å². The molecule has 2 unspecified atom stereocenters. The molecule has 3 N–H and O–H groups in total. The summed E-state index contributed by atoms with van der Waals surface area (Å²) >= 11 is 1.54. The van der Waals surface area contributed by atoms with Gasteiger partial charge in [0, 0.05) is 38.0 Å². The third-order valence-corrected chi connectivity index (χ3v) is 6.80. The highest BCUT2D eigenvalue weighted by Gasteiger charge is 2.42. The molecule has 1 saturated heterocycles. The van der Waals surface area contributed by atoms with Crippen molar-refractivity contribution in [3.63, 3.8) is 0 Å². The maximum absolute atomic E-state index is 10.9. The average molecular weight is 415 g/mol. The fraction of sp³-hybridized carbons (Fsp3) is 0.571. The second-order valence-corrected chi connectivity index (χ2v) is 8.75. The van der Waals surface area contributed by atoms with E-state index in [0.717, 1.165) is 67.7 Å². The molecule has 1 aliphatic heterocycles. The molecular weight excluding hydrogens is 384 g/mol. The normalized spacial score (nSPS) is 24.9. The van der Waals surface area contributed by atoms with Crippen LogP contribution in [0.2, 0.25) is 0 Å². The van der Waals surface area contributed by atoms with Gasteiger partial charge in [-0.3, -0.25) is 4.99 Å². The fourth-order valence-corrected chi connectivity index (χ4v) is 5.12. The van der Waals surface area contributed by atoms with E-state index in [0.29, 0.717) is 11.9 Å². The van der Waals surface area contributed by atoms with Crippen LogP contribution in [0.15, 0.2) is 28.6 Å². The van der Waals surface area contributed by atoms with Crippen LogP contribution in [0.1, 0.15) is 39.0 Å². The van der Waals surface area contributed by atoms with Gasteiger partial charge in [-0.15, -0.1) is 11.3 Å².